The van der Waals surface area contributed by atoms with Crippen LogP contribution in [0.3, 0.4) is 0 Å². The summed E-state index contributed by atoms with van der Waals surface area (Å²) in [5.74, 6) is -0.843. The van der Waals surface area contributed by atoms with Crippen LogP contribution in [0, 0.1) is 0 Å². The minimum atomic E-state index is -4.27. The second-order valence-corrected chi connectivity index (χ2v) is 14.6. The van der Waals surface area contributed by atoms with Crippen molar-refractivity contribution >= 4 is 19.8 Å². The number of rotatable bonds is 36. The van der Waals surface area contributed by atoms with Gasteiger partial charge in [0.05, 0.1) is 6.61 Å². The molecule has 0 aliphatic carbocycles. The Labute approximate surface area is 317 Å². The summed E-state index contributed by atoms with van der Waals surface area (Å²) in [4.78, 5) is 34.4. The molecule has 0 heterocycles. The first kappa shape index (κ1) is 49.5. The standard InChI is InChI=1S/C43H73O8P/c1-4-6-8-10-12-14-16-18-20-21-22-23-24-26-28-30-32-34-36-38-43(45)51-41(40-50-52(46,47)48-3)39-49-42(44)37-35-33-31-29-27-25-19-17-15-13-11-9-7-5-2/h6,8,11-14,17-20,22-23,41H,4-5,7,9-10,15-16,21,24-40H2,1-3H3,(H,46,47)/b8-6-,13-11-,14-12-,19-17-,20-18-,23-22-. The smallest absolute Gasteiger partial charge is 0.462 e. The first-order valence-electron chi connectivity index (χ1n) is 20.1. The third-order valence-corrected chi connectivity index (χ3v) is 9.12. The molecule has 2 atom stereocenters. The van der Waals surface area contributed by atoms with Crippen LogP contribution in [0.2, 0.25) is 0 Å². The number of carbonyl (C=O) groups excluding carboxylic acids is 2. The molecule has 0 radical (unpaired) electrons. The third kappa shape index (κ3) is 37.3. The van der Waals surface area contributed by atoms with E-state index in [1.165, 1.54) is 12.8 Å². The van der Waals surface area contributed by atoms with Crippen molar-refractivity contribution in [1.82, 2.24) is 0 Å². The highest BCUT2D eigenvalue weighted by molar-refractivity contribution is 7.47. The highest BCUT2D eigenvalue weighted by Gasteiger charge is 2.24. The lowest BCUT2D eigenvalue weighted by Crippen LogP contribution is -2.29. The summed E-state index contributed by atoms with van der Waals surface area (Å²) in [5.41, 5.74) is 0. The summed E-state index contributed by atoms with van der Waals surface area (Å²) in [6, 6.07) is 0. The van der Waals surface area contributed by atoms with Crippen molar-refractivity contribution in [3.63, 3.8) is 0 Å². The monoisotopic (exact) mass is 749 g/mol. The molecule has 8 nitrogen and oxygen atoms in total. The average molecular weight is 749 g/mol. The quantitative estimate of drug-likeness (QED) is 0.0292. The van der Waals surface area contributed by atoms with Crippen LogP contribution in [0.5, 0.6) is 0 Å². The normalized spacial score (nSPS) is 14.2. The third-order valence-electron chi connectivity index (χ3n) is 8.18. The van der Waals surface area contributed by atoms with Gasteiger partial charge in [-0.05, 0) is 77.0 Å². The van der Waals surface area contributed by atoms with Crippen LogP contribution in [-0.2, 0) is 32.7 Å². The molecule has 0 spiro atoms. The zero-order valence-electron chi connectivity index (χ0n) is 32.9. The highest BCUT2D eigenvalue weighted by Crippen LogP contribution is 2.42. The Morgan fingerprint density at radius 2 is 0.981 bits per heavy atom. The Morgan fingerprint density at radius 3 is 1.46 bits per heavy atom. The van der Waals surface area contributed by atoms with Crippen LogP contribution in [0.15, 0.2) is 72.9 Å². The number of hydrogen-bond donors (Lipinski definition) is 1. The molecule has 0 rings (SSSR count). The van der Waals surface area contributed by atoms with Gasteiger partial charge in [-0.2, -0.15) is 0 Å². The lowest BCUT2D eigenvalue weighted by molar-refractivity contribution is -0.161. The van der Waals surface area contributed by atoms with Crippen LogP contribution in [-0.4, -0.2) is 43.3 Å². The van der Waals surface area contributed by atoms with Crippen molar-refractivity contribution in [3.05, 3.63) is 72.9 Å². The predicted octanol–water partition coefficient (Wildman–Crippen LogP) is 12.6. The predicted molar refractivity (Wildman–Crippen MR) is 216 cm³/mol. The number of allylic oxidation sites excluding steroid dienone is 12. The maximum absolute atomic E-state index is 12.5. The molecule has 0 saturated heterocycles. The summed E-state index contributed by atoms with van der Waals surface area (Å²) in [6.07, 6.45) is 48.0. The van der Waals surface area contributed by atoms with Gasteiger partial charge in [0.1, 0.15) is 6.61 Å². The van der Waals surface area contributed by atoms with Crippen molar-refractivity contribution in [1.29, 1.82) is 0 Å². The maximum Gasteiger partial charge on any atom is 0.472 e. The van der Waals surface area contributed by atoms with Gasteiger partial charge < -0.3 is 14.4 Å². The van der Waals surface area contributed by atoms with Gasteiger partial charge in [0.2, 0.25) is 0 Å². The van der Waals surface area contributed by atoms with Crippen molar-refractivity contribution in [2.45, 2.75) is 168 Å². The molecule has 0 bridgehead atoms. The van der Waals surface area contributed by atoms with E-state index in [-0.39, 0.29) is 19.4 Å². The van der Waals surface area contributed by atoms with Crippen LogP contribution in [0.4, 0.5) is 0 Å². The van der Waals surface area contributed by atoms with E-state index in [9.17, 15) is 19.0 Å². The molecule has 2 unspecified atom stereocenters. The van der Waals surface area contributed by atoms with E-state index in [1.54, 1.807) is 0 Å². The van der Waals surface area contributed by atoms with Crippen LogP contribution in [0.1, 0.15) is 162 Å². The van der Waals surface area contributed by atoms with E-state index in [0.29, 0.717) is 6.42 Å². The fourth-order valence-corrected chi connectivity index (χ4v) is 5.54. The SMILES string of the molecule is CC/C=C\C/C=C\C/C=C\C/C=C\CCCCCCCCC(=O)OC(COC(=O)CCCCCCC/C=C\C/C=C\CCCC)COP(=O)(O)OC. The molecular formula is C43H73O8P. The highest BCUT2D eigenvalue weighted by atomic mass is 31.2. The number of unbranched alkanes of at least 4 members (excludes halogenated alkanes) is 13. The minimum Gasteiger partial charge on any atom is -0.462 e. The summed E-state index contributed by atoms with van der Waals surface area (Å²) in [6.45, 7) is 3.69. The summed E-state index contributed by atoms with van der Waals surface area (Å²) in [7, 11) is -3.22. The summed E-state index contributed by atoms with van der Waals surface area (Å²) < 4.78 is 31.9. The Morgan fingerprint density at radius 1 is 0.558 bits per heavy atom. The second kappa shape index (κ2) is 38.2. The van der Waals surface area contributed by atoms with Crippen LogP contribution >= 0.6 is 7.82 Å². The van der Waals surface area contributed by atoms with Gasteiger partial charge in [-0.3, -0.25) is 18.6 Å². The Bertz CT molecular complexity index is 1080. The molecule has 0 aromatic heterocycles. The molecule has 0 aliphatic heterocycles. The fraction of sp³-hybridized carbons (Fsp3) is 0.674. The van der Waals surface area contributed by atoms with E-state index in [4.69, 9.17) is 14.0 Å². The van der Waals surface area contributed by atoms with Gasteiger partial charge in [-0.15, -0.1) is 0 Å². The molecule has 9 heteroatoms. The molecule has 52 heavy (non-hydrogen) atoms. The number of ether oxygens (including phenoxy) is 2. The number of esters is 2. The van der Waals surface area contributed by atoms with E-state index >= 15 is 0 Å². The molecule has 298 valence electrons. The molecule has 0 aromatic rings. The topological polar surface area (TPSA) is 108 Å². The Hall–Kier alpha value is -2.51. The zero-order chi connectivity index (χ0) is 38.2. The van der Waals surface area contributed by atoms with Gasteiger partial charge in [-0.1, -0.05) is 145 Å². The van der Waals surface area contributed by atoms with Crippen molar-refractivity contribution in [2.24, 2.45) is 0 Å². The largest absolute Gasteiger partial charge is 0.472 e. The van der Waals surface area contributed by atoms with E-state index in [0.717, 1.165) is 123 Å². The lowest BCUT2D eigenvalue weighted by atomic mass is 10.1. The number of hydrogen-bond acceptors (Lipinski definition) is 7. The van der Waals surface area contributed by atoms with E-state index in [1.807, 2.05) is 0 Å². The minimum absolute atomic E-state index is 0.222. The molecule has 0 saturated carbocycles. The van der Waals surface area contributed by atoms with Gasteiger partial charge in [0.15, 0.2) is 6.10 Å². The maximum atomic E-state index is 12.5. The van der Waals surface area contributed by atoms with Gasteiger partial charge >= 0.3 is 19.8 Å². The van der Waals surface area contributed by atoms with Crippen molar-refractivity contribution in [3.8, 4) is 0 Å². The summed E-state index contributed by atoms with van der Waals surface area (Å²) in [5, 5.41) is 0. The van der Waals surface area contributed by atoms with Crippen molar-refractivity contribution < 1.29 is 37.6 Å². The molecule has 1 N–H and O–H groups in total. The van der Waals surface area contributed by atoms with Gasteiger partial charge in [-0.25, -0.2) is 4.57 Å². The molecule has 0 fully saturated rings. The molecule has 0 amide bonds. The Kier molecular flexibility index (Phi) is 36.4. The second-order valence-electron chi connectivity index (χ2n) is 13.0. The summed E-state index contributed by atoms with van der Waals surface area (Å²) >= 11 is 0. The Balaban J connectivity index is 4.09. The molecule has 0 aromatic carbocycles. The average Bonchev–Trinajstić information content (AvgIpc) is 3.13. The number of phosphoric ester groups is 1. The molecular weight excluding hydrogens is 675 g/mol. The van der Waals surface area contributed by atoms with Crippen LogP contribution in [0.25, 0.3) is 0 Å². The van der Waals surface area contributed by atoms with Crippen LogP contribution < -0.4 is 0 Å². The fourth-order valence-electron chi connectivity index (χ4n) is 5.08. The number of carbonyl (C=O) groups is 2. The first-order chi connectivity index (χ1) is 25.3. The van der Waals surface area contributed by atoms with E-state index in [2.05, 4.69) is 91.3 Å². The zero-order valence-corrected chi connectivity index (χ0v) is 33.8. The lowest BCUT2D eigenvalue weighted by Gasteiger charge is -2.19. The van der Waals surface area contributed by atoms with Gasteiger partial charge in [0, 0.05) is 20.0 Å². The van der Waals surface area contributed by atoms with Gasteiger partial charge in [0.25, 0.3) is 0 Å². The first-order valence-corrected chi connectivity index (χ1v) is 21.6. The number of phosphoric acid groups is 1. The van der Waals surface area contributed by atoms with Crippen molar-refractivity contribution in [2.75, 3.05) is 20.3 Å². The van der Waals surface area contributed by atoms with E-state index < -0.39 is 32.5 Å². The molecule has 0 aliphatic rings.